The molecule has 3 rings (SSSR count). The van der Waals surface area contributed by atoms with E-state index in [1.54, 1.807) is 17.4 Å². The van der Waals surface area contributed by atoms with Gasteiger partial charge in [-0.3, -0.25) is 0 Å². The lowest BCUT2D eigenvalue weighted by Gasteiger charge is -2.24. The van der Waals surface area contributed by atoms with Crippen LogP contribution in [0.1, 0.15) is 62.1 Å². The summed E-state index contributed by atoms with van der Waals surface area (Å²) in [6, 6.07) is 0.810. The fraction of sp³-hybridized carbons (Fsp3) is 0.600. The maximum atomic E-state index is 12.4. The first-order valence-corrected chi connectivity index (χ1v) is 24.6. The third-order valence-corrected chi connectivity index (χ3v) is 14.3. The zero-order valence-electron chi connectivity index (χ0n) is 27.9. The van der Waals surface area contributed by atoms with Crippen molar-refractivity contribution in [1.29, 1.82) is 0 Å². The molecule has 0 fully saturated rings. The number of carbonyl (C=O) groups excluding carboxylic acids is 1. The first-order chi connectivity index (χ1) is 20.3. The van der Waals surface area contributed by atoms with E-state index in [4.69, 9.17) is 24.2 Å². The van der Waals surface area contributed by atoms with E-state index in [-0.39, 0.29) is 24.5 Å². The molecule has 1 atom stereocenters. The molecule has 0 bridgehead atoms. The summed E-state index contributed by atoms with van der Waals surface area (Å²) in [4.78, 5) is 26.7. The summed E-state index contributed by atoms with van der Waals surface area (Å²) in [5.41, 5.74) is 1.49. The SMILES string of the molecule is CC(C)[C@H](NC(=O)OC(C)(C)C)c1nc(-c2nc(/C(O)=C\c3nc(COCOCC[Si](C)(C)C)c([Si](C)(C)C)s3)cs2)cs1. The van der Waals surface area contributed by atoms with Crippen LogP contribution in [0.5, 0.6) is 0 Å². The predicted molar refractivity (Wildman–Crippen MR) is 190 cm³/mol. The molecule has 1 amide bonds. The zero-order chi connectivity index (χ0) is 32.9. The topological polar surface area (TPSA) is 116 Å². The molecule has 0 spiro atoms. The van der Waals surface area contributed by atoms with Crippen LogP contribution < -0.4 is 9.82 Å². The molecular formula is C30H48N4O5S3Si2. The average molecular weight is 697 g/mol. The van der Waals surface area contributed by atoms with E-state index < -0.39 is 27.8 Å². The number of alkyl carbamates (subject to hydrolysis) is 1. The highest BCUT2D eigenvalue weighted by Gasteiger charge is 2.27. The normalized spacial score (nSPS) is 13.9. The number of aliphatic hydroxyl groups is 1. The van der Waals surface area contributed by atoms with Crippen molar-refractivity contribution in [1.82, 2.24) is 20.3 Å². The minimum atomic E-state index is -1.69. The first-order valence-electron chi connectivity index (χ1n) is 14.8. The number of aromatic nitrogens is 3. The van der Waals surface area contributed by atoms with E-state index in [0.717, 1.165) is 21.8 Å². The molecule has 244 valence electrons. The number of nitrogens with one attached hydrogen (secondary N) is 1. The number of amides is 1. The summed E-state index contributed by atoms with van der Waals surface area (Å²) >= 11 is 4.47. The number of carbonyl (C=O) groups is 1. The Balaban J connectivity index is 1.71. The van der Waals surface area contributed by atoms with Crippen LogP contribution >= 0.6 is 34.0 Å². The maximum Gasteiger partial charge on any atom is 0.408 e. The highest BCUT2D eigenvalue weighted by Crippen LogP contribution is 2.32. The molecule has 9 nitrogen and oxygen atoms in total. The zero-order valence-corrected chi connectivity index (χ0v) is 32.3. The number of hydrogen-bond donors (Lipinski definition) is 2. The molecule has 0 aliphatic heterocycles. The van der Waals surface area contributed by atoms with Crippen LogP contribution in [0.2, 0.25) is 45.3 Å². The summed E-state index contributed by atoms with van der Waals surface area (Å²) in [7, 11) is -2.82. The Kier molecular flexibility index (Phi) is 12.5. The van der Waals surface area contributed by atoms with Crippen LogP contribution in [0.25, 0.3) is 22.5 Å². The number of nitrogens with zero attached hydrogens (tertiary/aromatic N) is 3. The van der Waals surface area contributed by atoms with E-state index in [9.17, 15) is 9.90 Å². The largest absolute Gasteiger partial charge is 0.506 e. The molecule has 0 aliphatic rings. The Hall–Kier alpha value is -1.95. The molecule has 0 saturated heterocycles. The second-order valence-corrected chi connectivity index (χ2v) is 28.0. The highest BCUT2D eigenvalue weighted by molar-refractivity contribution is 7.27. The lowest BCUT2D eigenvalue weighted by atomic mass is 10.1. The molecule has 0 saturated carbocycles. The van der Waals surface area contributed by atoms with Crippen molar-refractivity contribution in [2.75, 3.05) is 13.4 Å². The van der Waals surface area contributed by atoms with Gasteiger partial charge < -0.3 is 24.6 Å². The summed E-state index contributed by atoms with van der Waals surface area (Å²) < 4.78 is 18.2. The van der Waals surface area contributed by atoms with Crippen molar-refractivity contribution in [2.24, 2.45) is 5.92 Å². The summed E-state index contributed by atoms with van der Waals surface area (Å²) in [6.07, 6.45) is 1.20. The van der Waals surface area contributed by atoms with Crippen molar-refractivity contribution in [3.05, 3.63) is 32.2 Å². The van der Waals surface area contributed by atoms with Gasteiger partial charge >= 0.3 is 6.09 Å². The average Bonchev–Trinajstić information content (AvgIpc) is 3.62. The van der Waals surface area contributed by atoms with Gasteiger partial charge in [0, 0.05) is 36.0 Å². The Morgan fingerprint density at radius 3 is 2.36 bits per heavy atom. The predicted octanol–water partition coefficient (Wildman–Crippen LogP) is 8.38. The van der Waals surface area contributed by atoms with Crippen LogP contribution in [-0.4, -0.2) is 61.3 Å². The molecular weight excluding hydrogens is 649 g/mol. The molecule has 3 aromatic heterocycles. The summed E-state index contributed by atoms with van der Waals surface area (Å²) in [6.45, 7) is 24.7. The fourth-order valence-corrected chi connectivity index (χ4v) is 9.85. The van der Waals surface area contributed by atoms with Crippen molar-refractivity contribution in [3.63, 3.8) is 0 Å². The van der Waals surface area contributed by atoms with Gasteiger partial charge in [-0.25, -0.2) is 19.7 Å². The van der Waals surface area contributed by atoms with Gasteiger partial charge in [0.15, 0.2) is 0 Å². The summed E-state index contributed by atoms with van der Waals surface area (Å²) in [5.74, 6) is 0.158. The molecule has 0 unspecified atom stereocenters. The lowest BCUT2D eigenvalue weighted by Crippen LogP contribution is -2.38. The van der Waals surface area contributed by atoms with Crippen LogP contribution in [-0.2, 0) is 20.8 Å². The number of rotatable bonds is 14. The summed E-state index contributed by atoms with van der Waals surface area (Å²) in [5, 5.41) is 19.9. The van der Waals surface area contributed by atoms with Crippen molar-refractivity contribution in [3.8, 4) is 10.7 Å². The van der Waals surface area contributed by atoms with Crippen LogP contribution in [0.3, 0.4) is 0 Å². The van der Waals surface area contributed by atoms with E-state index in [1.807, 2.05) is 45.4 Å². The van der Waals surface area contributed by atoms with Crippen LogP contribution in [0, 0.1) is 5.92 Å². The molecule has 44 heavy (non-hydrogen) atoms. The number of ether oxygens (including phenoxy) is 3. The Morgan fingerprint density at radius 2 is 1.75 bits per heavy atom. The van der Waals surface area contributed by atoms with Crippen molar-refractivity contribution >= 4 is 72.6 Å². The van der Waals surface area contributed by atoms with E-state index in [1.165, 1.54) is 27.2 Å². The van der Waals surface area contributed by atoms with Crippen molar-refractivity contribution < 1.29 is 24.1 Å². The minimum absolute atomic E-state index is 0.0487. The molecule has 3 heterocycles. The maximum absolute atomic E-state index is 12.4. The highest BCUT2D eigenvalue weighted by atomic mass is 32.1. The smallest absolute Gasteiger partial charge is 0.408 e. The molecule has 14 heteroatoms. The third kappa shape index (κ3) is 11.4. The van der Waals surface area contributed by atoms with Gasteiger partial charge in [-0.1, -0.05) is 53.1 Å². The van der Waals surface area contributed by atoms with Gasteiger partial charge in [-0.2, -0.15) is 0 Å². The van der Waals surface area contributed by atoms with E-state index >= 15 is 0 Å². The van der Waals surface area contributed by atoms with E-state index in [2.05, 4.69) is 49.6 Å². The van der Waals surface area contributed by atoms with Gasteiger partial charge in [-0.15, -0.1) is 34.0 Å². The fourth-order valence-electron chi connectivity index (χ4n) is 3.93. The Bertz CT molecular complexity index is 1410. The Morgan fingerprint density at radius 1 is 1.05 bits per heavy atom. The van der Waals surface area contributed by atoms with Crippen LogP contribution in [0.15, 0.2) is 10.8 Å². The van der Waals surface area contributed by atoms with Gasteiger partial charge in [0.05, 0.1) is 26.4 Å². The second kappa shape index (κ2) is 15.1. The standard InChI is InChI=1S/C30H48N4O5S3Si2/c1-19(2)25(34-29(36)39-30(3,4)5)27-33-22(17-41-27)26-32-21(16-40-26)23(35)14-24-31-20(28(42-24)44(9,10)11)15-38-18-37-12-13-43(6,7)8/h14,16-17,19,25,35H,12-13,15,18H2,1-11H3,(H,34,36)/b23-14+/t25-/m0/s1. The van der Waals surface area contributed by atoms with Crippen LogP contribution in [0.4, 0.5) is 4.79 Å². The lowest BCUT2D eigenvalue weighted by molar-refractivity contribution is -0.0579. The quantitative estimate of drug-likeness (QED) is 0.0748. The number of aliphatic hydroxyl groups excluding tert-OH is 1. The molecule has 0 aromatic carbocycles. The van der Waals surface area contributed by atoms with Gasteiger partial charge in [0.2, 0.25) is 0 Å². The van der Waals surface area contributed by atoms with Gasteiger partial charge in [0.25, 0.3) is 0 Å². The molecule has 2 N–H and O–H groups in total. The Labute approximate surface area is 276 Å². The van der Waals surface area contributed by atoms with E-state index in [0.29, 0.717) is 29.6 Å². The molecule has 0 radical (unpaired) electrons. The first kappa shape index (κ1) is 36.5. The number of hydrogen-bond acceptors (Lipinski definition) is 11. The molecule has 3 aromatic rings. The third-order valence-electron chi connectivity index (χ3n) is 6.17. The second-order valence-electron chi connectivity index (χ2n) is 14.3. The molecule has 0 aliphatic carbocycles. The van der Waals surface area contributed by atoms with Gasteiger partial charge in [-0.05, 0) is 32.7 Å². The number of thiazole rings is 3. The monoisotopic (exact) mass is 696 g/mol. The van der Waals surface area contributed by atoms with Crippen molar-refractivity contribution in [2.45, 2.75) is 98.2 Å². The minimum Gasteiger partial charge on any atom is -0.506 e. The van der Waals surface area contributed by atoms with Gasteiger partial charge in [0.1, 0.15) is 44.6 Å².